The molecule has 74 valence electrons. The van der Waals surface area contributed by atoms with Crippen molar-refractivity contribution in [2.24, 2.45) is 5.73 Å². The van der Waals surface area contributed by atoms with Crippen molar-refractivity contribution in [3.63, 3.8) is 0 Å². The topological polar surface area (TPSA) is 64.6 Å². The van der Waals surface area contributed by atoms with Gasteiger partial charge in [-0.3, -0.25) is 0 Å². The van der Waals surface area contributed by atoms with Crippen LogP contribution in [-0.2, 0) is 4.74 Å². The van der Waals surface area contributed by atoms with Crippen LogP contribution in [-0.4, -0.2) is 12.2 Å². The van der Waals surface area contributed by atoms with Crippen molar-refractivity contribution >= 4 is 16.8 Å². The number of fused-ring (bicyclic) bond motifs is 5. The average Bonchev–Trinajstić information content (AvgIpc) is 2.97. The third-order valence-electron chi connectivity index (χ3n) is 3.33. The summed E-state index contributed by atoms with van der Waals surface area (Å²) in [6.45, 7) is 0. The molecular formula is C12H10N2O. The number of rotatable bonds is 0. The van der Waals surface area contributed by atoms with Gasteiger partial charge in [0.1, 0.15) is 12.2 Å². The van der Waals surface area contributed by atoms with Crippen molar-refractivity contribution in [1.29, 1.82) is 0 Å². The molecule has 1 heterocycles. The molecule has 0 aromatic heterocycles. The zero-order chi connectivity index (χ0) is 10.2. The van der Waals surface area contributed by atoms with Crippen LogP contribution in [0.3, 0.4) is 0 Å². The first-order chi connectivity index (χ1) is 7.25. The van der Waals surface area contributed by atoms with E-state index in [2.05, 4.69) is 6.07 Å². The largest absolute Gasteiger partial charge is 0.400 e. The van der Waals surface area contributed by atoms with Gasteiger partial charge in [0, 0.05) is 11.4 Å². The highest BCUT2D eigenvalue weighted by Gasteiger charge is 2.51. The molecular weight excluding hydrogens is 188 g/mol. The van der Waals surface area contributed by atoms with Gasteiger partial charge in [-0.15, -0.1) is 0 Å². The SMILES string of the molecule is NC1=CC2=C(c3ccc(N)cc32)C2OC12. The van der Waals surface area contributed by atoms with Crippen molar-refractivity contribution in [2.75, 3.05) is 5.73 Å². The van der Waals surface area contributed by atoms with E-state index < -0.39 is 0 Å². The summed E-state index contributed by atoms with van der Waals surface area (Å²) < 4.78 is 5.53. The number of hydrogen-bond acceptors (Lipinski definition) is 3. The van der Waals surface area contributed by atoms with Gasteiger partial charge in [-0.2, -0.15) is 0 Å². The lowest BCUT2D eigenvalue weighted by Gasteiger charge is -2.28. The first kappa shape index (κ1) is 7.54. The third kappa shape index (κ3) is 0.758. The van der Waals surface area contributed by atoms with Gasteiger partial charge in [0.15, 0.2) is 0 Å². The maximum Gasteiger partial charge on any atom is 0.128 e. The van der Waals surface area contributed by atoms with Crippen LogP contribution in [0, 0.1) is 0 Å². The molecule has 3 aliphatic rings. The number of nitrogen functional groups attached to an aromatic ring is 1. The molecule has 2 atom stereocenters. The van der Waals surface area contributed by atoms with Crippen molar-refractivity contribution in [1.82, 2.24) is 0 Å². The molecule has 1 saturated heterocycles. The maximum atomic E-state index is 5.87. The second kappa shape index (κ2) is 2.09. The lowest BCUT2D eigenvalue weighted by atomic mass is 9.75. The van der Waals surface area contributed by atoms with Gasteiger partial charge in [-0.25, -0.2) is 0 Å². The van der Waals surface area contributed by atoms with Crippen molar-refractivity contribution in [3.05, 3.63) is 41.1 Å². The predicted molar refractivity (Wildman–Crippen MR) is 58.6 cm³/mol. The number of nitrogens with two attached hydrogens (primary N) is 2. The normalized spacial score (nSPS) is 29.7. The molecule has 3 nitrogen and oxygen atoms in total. The Kier molecular flexibility index (Phi) is 1.05. The van der Waals surface area contributed by atoms with Crippen LogP contribution >= 0.6 is 0 Å². The van der Waals surface area contributed by atoms with Gasteiger partial charge in [0.2, 0.25) is 0 Å². The molecule has 4 rings (SSSR count). The summed E-state index contributed by atoms with van der Waals surface area (Å²) in [6, 6.07) is 6.00. The van der Waals surface area contributed by atoms with Gasteiger partial charge < -0.3 is 16.2 Å². The van der Waals surface area contributed by atoms with E-state index in [0.717, 1.165) is 11.4 Å². The van der Waals surface area contributed by atoms with E-state index in [1.165, 1.54) is 22.3 Å². The Bertz CT molecular complexity index is 557. The van der Waals surface area contributed by atoms with Crippen LogP contribution in [0.5, 0.6) is 0 Å². The second-order valence-electron chi connectivity index (χ2n) is 4.25. The molecule has 0 amide bonds. The van der Waals surface area contributed by atoms with Gasteiger partial charge in [-0.05, 0) is 40.5 Å². The summed E-state index contributed by atoms with van der Waals surface area (Å²) in [4.78, 5) is 0. The van der Waals surface area contributed by atoms with Crippen LogP contribution < -0.4 is 11.5 Å². The fourth-order valence-electron chi connectivity index (χ4n) is 2.54. The molecule has 0 bridgehead atoms. The number of epoxide rings is 1. The summed E-state index contributed by atoms with van der Waals surface area (Å²) >= 11 is 0. The van der Waals surface area contributed by atoms with E-state index in [0.29, 0.717) is 0 Å². The van der Waals surface area contributed by atoms with E-state index in [1.54, 1.807) is 0 Å². The third-order valence-corrected chi connectivity index (χ3v) is 3.33. The number of ether oxygens (including phenoxy) is 1. The number of allylic oxidation sites excluding steroid dienone is 2. The lowest BCUT2D eigenvalue weighted by Crippen LogP contribution is -2.20. The predicted octanol–water partition coefficient (Wildman–Crippen LogP) is 1.12. The zero-order valence-corrected chi connectivity index (χ0v) is 8.03. The van der Waals surface area contributed by atoms with Crippen LogP contribution in [0.1, 0.15) is 11.1 Å². The van der Waals surface area contributed by atoms with Crippen LogP contribution in [0.15, 0.2) is 30.0 Å². The van der Waals surface area contributed by atoms with Crippen molar-refractivity contribution < 1.29 is 4.74 Å². The highest BCUT2D eigenvalue weighted by molar-refractivity contribution is 6.11. The molecule has 15 heavy (non-hydrogen) atoms. The van der Waals surface area contributed by atoms with E-state index in [1.807, 2.05) is 18.2 Å². The van der Waals surface area contributed by atoms with Crippen LogP contribution in [0.4, 0.5) is 5.69 Å². The van der Waals surface area contributed by atoms with E-state index in [4.69, 9.17) is 16.2 Å². The minimum absolute atomic E-state index is 0.134. The van der Waals surface area contributed by atoms with Gasteiger partial charge in [0.25, 0.3) is 0 Å². The average molecular weight is 198 g/mol. The highest BCUT2D eigenvalue weighted by Crippen LogP contribution is 2.54. The van der Waals surface area contributed by atoms with E-state index in [9.17, 15) is 0 Å². The first-order valence-corrected chi connectivity index (χ1v) is 5.02. The van der Waals surface area contributed by atoms with Crippen LogP contribution in [0.25, 0.3) is 11.1 Å². The minimum Gasteiger partial charge on any atom is -0.400 e. The van der Waals surface area contributed by atoms with Gasteiger partial charge in [0.05, 0.1) is 0 Å². The summed E-state index contributed by atoms with van der Waals surface area (Å²) in [6.07, 6.45) is 2.36. The summed E-state index contributed by atoms with van der Waals surface area (Å²) in [5, 5.41) is 0. The smallest absolute Gasteiger partial charge is 0.128 e. The van der Waals surface area contributed by atoms with Crippen molar-refractivity contribution in [2.45, 2.75) is 12.2 Å². The highest BCUT2D eigenvalue weighted by atomic mass is 16.6. The van der Waals surface area contributed by atoms with Gasteiger partial charge >= 0.3 is 0 Å². The monoisotopic (exact) mass is 198 g/mol. The zero-order valence-electron chi connectivity index (χ0n) is 8.03. The van der Waals surface area contributed by atoms with Crippen LogP contribution in [0.2, 0.25) is 0 Å². The van der Waals surface area contributed by atoms with Gasteiger partial charge in [-0.1, -0.05) is 6.07 Å². The molecule has 0 spiro atoms. The Labute approximate surface area is 87.0 Å². The Morgan fingerprint density at radius 1 is 1.07 bits per heavy atom. The number of hydrogen-bond donors (Lipinski definition) is 2. The summed E-state index contributed by atoms with van der Waals surface area (Å²) in [5.74, 6) is 0. The molecule has 0 radical (unpaired) electrons. The van der Waals surface area contributed by atoms with E-state index in [-0.39, 0.29) is 12.2 Å². The molecule has 1 fully saturated rings. The lowest BCUT2D eigenvalue weighted by molar-refractivity contribution is 0.410. The quantitative estimate of drug-likeness (QED) is 0.485. The molecule has 4 N–H and O–H groups in total. The Morgan fingerprint density at radius 2 is 1.93 bits per heavy atom. The minimum atomic E-state index is 0.134. The molecule has 3 heteroatoms. The molecule has 2 unspecified atom stereocenters. The van der Waals surface area contributed by atoms with Crippen molar-refractivity contribution in [3.8, 4) is 0 Å². The fraction of sp³-hybridized carbons (Fsp3) is 0.167. The summed E-state index contributed by atoms with van der Waals surface area (Å²) in [7, 11) is 0. The number of benzene rings is 1. The second-order valence-corrected chi connectivity index (χ2v) is 4.25. The molecule has 1 aromatic carbocycles. The fourth-order valence-corrected chi connectivity index (χ4v) is 2.54. The Balaban J connectivity index is 1.93. The van der Waals surface area contributed by atoms with E-state index >= 15 is 0 Å². The standard InChI is InChI=1S/C12H10N2O/c13-5-1-2-6-7(3-5)8-4-9(14)11-12(15-11)10(6)8/h1-4,11-12H,13-14H2. The first-order valence-electron chi connectivity index (χ1n) is 5.02. The molecule has 1 aliphatic heterocycles. The number of anilines is 1. The molecule has 2 aliphatic carbocycles. The summed E-state index contributed by atoms with van der Waals surface area (Å²) in [5.41, 5.74) is 18.3. The maximum absolute atomic E-state index is 5.87. The Morgan fingerprint density at radius 3 is 2.80 bits per heavy atom. The molecule has 0 saturated carbocycles. The Hall–Kier alpha value is -1.74. The molecule has 1 aromatic rings.